The minimum Gasteiger partial charge on any atom is -0.378 e. The molecule has 3 nitrogen and oxygen atoms in total. The lowest BCUT2D eigenvalue weighted by Crippen LogP contribution is -2.45. The maximum absolute atomic E-state index is 12.4. The van der Waals surface area contributed by atoms with Crippen molar-refractivity contribution in [3.05, 3.63) is 0 Å². The number of carbonyl (C=O) groups is 1. The minimum atomic E-state index is -0.0907. The standard InChI is InChI=1S/C16H29NO2/c1-4-19-14-7-10-17(11-8-14)12-13-6-5-9-16(2,3)15(13)18/h13-14H,4-12H2,1-3H3. The molecule has 1 aliphatic heterocycles. The molecule has 0 amide bonds. The van der Waals surface area contributed by atoms with Crippen LogP contribution in [0.5, 0.6) is 0 Å². The third-order valence-corrected chi connectivity index (χ3v) is 4.81. The van der Waals surface area contributed by atoms with Gasteiger partial charge in [0.2, 0.25) is 0 Å². The third-order valence-electron chi connectivity index (χ3n) is 4.81. The number of rotatable bonds is 4. The summed E-state index contributed by atoms with van der Waals surface area (Å²) < 4.78 is 5.68. The van der Waals surface area contributed by atoms with Gasteiger partial charge in [-0.2, -0.15) is 0 Å². The van der Waals surface area contributed by atoms with Crippen molar-refractivity contribution >= 4 is 5.78 Å². The summed E-state index contributed by atoms with van der Waals surface area (Å²) in [6, 6.07) is 0. The predicted molar refractivity (Wildman–Crippen MR) is 77.2 cm³/mol. The quantitative estimate of drug-likeness (QED) is 0.784. The number of hydrogen-bond donors (Lipinski definition) is 0. The molecule has 0 aromatic heterocycles. The first-order valence-electron chi connectivity index (χ1n) is 7.91. The van der Waals surface area contributed by atoms with Crippen LogP contribution in [0.4, 0.5) is 0 Å². The summed E-state index contributed by atoms with van der Waals surface area (Å²) >= 11 is 0. The van der Waals surface area contributed by atoms with Gasteiger partial charge < -0.3 is 9.64 Å². The van der Waals surface area contributed by atoms with Gasteiger partial charge in [0.25, 0.3) is 0 Å². The highest BCUT2D eigenvalue weighted by atomic mass is 16.5. The molecule has 2 fully saturated rings. The van der Waals surface area contributed by atoms with Crippen LogP contribution in [-0.2, 0) is 9.53 Å². The van der Waals surface area contributed by atoms with E-state index in [0.29, 0.717) is 11.9 Å². The molecule has 0 N–H and O–H groups in total. The zero-order valence-electron chi connectivity index (χ0n) is 12.8. The monoisotopic (exact) mass is 267 g/mol. The highest BCUT2D eigenvalue weighted by Gasteiger charge is 2.38. The summed E-state index contributed by atoms with van der Waals surface area (Å²) in [5.74, 6) is 0.762. The van der Waals surface area contributed by atoms with Gasteiger partial charge in [-0.1, -0.05) is 20.3 Å². The van der Waals surface area contributed by atoms with Gasteiger partial charge >= 0.3 is 0 Å². The molecule has 0 aromatic rings. The number of hydrogen-bond acceptors (Lipinski definition) is 3. The molecule has 0 spiro atoms. The van der Waals surface area contributed by atoms with E-state index in [2.05, 4.69) is 25.7 Å². The number of ether oxygens (including phenoxy) is 1. The van der Waals surface area contributed by atoms with Crippen LogP contribution in [0.25, 0.3) is 0 Å². The molecule has 1 heterocycles. The van der Waals surface area contributed by atoms with Gasteiger partial charge in [-0.15, -0.1) is 0 Å². The second kappa shape index (κ2) is 6.36. The average Bonchev–Trinajstić information content (AvgIpc) is 2.38. The van der Waals surface area contributed by atoms with Crippen molar-refractivity contribution in [3.8, 4) is 0 Å². The summed E-state index contributed by atoms with van der Waals surface area (Å²) in [4.78, 5) is 14.9. The Morgan fingerprint density at radius 1 is 1.26 bits per heavy atom. The summed E-state index contributed by atoms with van der Waals surface area (Å²) in [6.45, 7) is 10.3. The normalized spacial score (nSPS) is 29.6. The average molecular weight is 267 g/mol. The molecule has 0 aromatic carbocycles. The Hall–Kier alpha value is -0.410. The van der Waals surface area contributed by atoms with E-state index < -0.39 is 0 Å². The molecule has 0 radical (unpaired) electrons. The number of carbonyl (C=O) groups excluding carboxylic acids is 1. The van der Waals surface area contributed by atoms with Crippen molar-refractivity contribution < 1.29 is 9.53 Å². The van der Waals surface area contributed by atoms with E-state index in [0.717, 1.165) is 51.9 Å². The molecule has 1 saturated carbocycles. The summed E-state index contributed by atoms with van der Waals surface area (Å²) in [7, 11) is 0. The first-order chi connectivity index (χ1) is 9.03. The van der Waals surface area contributed by atoms with Gasteiger partial charge in [0.1, 0.15) is 5.78 Å². The molecule has 19 heavy (non-hydrogen) atoms. The molecule has 1 aliphatic carbocycles. The molecule has 2 aliphatic rings. The van der Waals surface area contributed by atoms with Gasteiger partial charge in [-0.25, -0.2) is 0 Å². The zero-order chi connectivity index (χ0) is 13.9. The van der Waals surface area contributed by atoms with Crippen LogP contribution in [0.15, 0.2) is 0 Å². The fraction of sp³-hybridized carbons (Fsp3) is 0.938. The molecule has 110 valence electrons. The van der Waals surface area contributed by atoms with Crippen molar-refractivity contribution in [1.82, 2.24) is 4.90 Å². The topological polar surface area (TPSA) is 29.5 Å². The number of likely N-dealkylation sites (tertiary alicyclic amines) is 1. The van der Waals surface area contributed by atoms with Crippen molar-refractivity contribution in [1.29, 1.82) is 0 Å². The molecule has 0 bridgehead atoms. The zero-order valence-corrected chi connectivity index (χ0v) is 12.8. The lowest BCUT2D eigenvalue weighted by Gasteiger charge is -2.38. The van der Waals surface area contributed by atoms with Gasteiger partial charge in [-0.3, -0.25) is 4.79 Å². The Bertz CT molecular complexity index is 306. The minimum absolute atomic E-state index is 0.0907. The molecule has 1 saturated heterocycles. The van der Waals surface area contributed by atoms with Crippen LogP contribution in [-0.4, -0.2) is 43.0 Å². The highest BCUT2D eigenvalue weighted by molar-refractivity contribution is 5.87. The van der Waals surface area contributed by atoms with E-state index >= 15 is 0 Å². The molecular formula is C16H29NO2. The molecule has 2 rings (SSSR count). The second-order valence-corrected chi connectivity index (χ2v) is 6.79. The van der Waals surface area contributed by atoms with Gasteiger partial charge in [0.15, 0.2) is 0 Å². The lowest BCUT2D eigenvalue weighted by molar-refractivity contribution is -0.135. The largest absolute Gasteiger partial charge is 0.378 e. The first-order valence-corrected chi connectivity index (χ1v) is 7.91. The maximum atomic E-state index is 12.4. The first kappa shape index (κ1) is 15.0. The fourth-order valence-corrected chi connectivity index (χ4v) is 3.58. The predicted octanol–water partition coefficient (Wildman–Crippen LogP) is 2.88. The maximum Gasteiger partial charge on any atom is 0.142 e. The van der Waals surface area contributed by atoms with Crippen LogP contribution in [0.1, 0.15) is 52.9 Å². The van der Waals surface area contributed by atoms with E-state index in [9.17, 15) is 4.79 Å². The molecular weight excluding hydrogens is 238 g/mol. The van der Waals surface area contributed by atoms with E-state index in [-0.39, 0.29) is 11.3 Å². The molecule has 1 atom stereocenters. The third kappa shape index (κ3) is 3.79. The van der Waals surface area contributed by atoms with Gasteiger partial charge in [0, 0.05) is 37.6 Å². The number of ketones is 1. The summed E-state index contributed by atoms with van der Waals surface area (Å²) in [5, 5.41) is 0. The number of Topliss-reactive ketones (excluding diaryl/α,β-unsaturated/α-hetero) is 1. The van der Waals surface area contributed by atoms with Crippen LogP contribution < -0.4 is 0 Å². The molecule has 3 heteroatoms. The van der Waals surface area contributed by atoms with Crippen molar-refractivity contribution in [2.24, 2.45) is 11.3 Å². The Labute approximate surface area is 117 Å². The van der Waals surface area contributed by atoms with E-state index in [1.54, 1.807) is 0 Å². The Morgan fingerprint density at radius 3 is 2.58 bits per heavy atom. The number of nitrogens with zero attached hydrogens (tertiary/aromatic N) is 1. The smallest absolute Gasteiger partial charge is 0.142 e. The fourth-order valence-electron chi connectivity index (χ4n) is 3.58. The lowest BCUT2D eigenvalue weighted by atomic mass is 9.71. The highest BCUT2D eigenvalue weighted by Crippen LogP contribution is 2.36. The Kier molecular flexibility index (Phi) is 5.02. The Balaban J connectivity index is 1.80. The van der Waals surface area contributed by atoms with Crippen molar-refractivity contribution in [2.75, 3.05) is 26.2 Å². The summed E-state index contributed by atoms with van der Waals surface area (Å²) in [6.07, 6.45) is 6.05. The van der Waals surface area contributed by atoms with Crippen LogP contribution in [0.2, 0.25) is 0 Å². The van der Waals surface area contributed by atoms with Crippen molar-refractivity contribution in [2.45, 2.75) is 59.0 Å². The van der Waals surface area contributed by atoms with Gasteiger partial charge in [-0.05, 0) is 32.6 Å². The van der Waals surface area contributed by atoms with E-state index in [1.807, 2.05) is 0 Å². The Morgan fingerprint density at radius 2 is 1.95 bits per heavy atom. The van der Waals surface area contributed by atoms with Gasteiger partial charge in [0.05, 0.1) is 6.10 Å². The van der Waals surface area contributed by atoms with E-state index in [1.165, 1.54) is 6.42 Å². The van der Waals surface area contributed by atoms with E-state index in [4.69, 9.17) is 4.74 Å². The molecule has 1 unspecified atom stereocenters. The van der Waals surface area contributed by atoms with Crippen LogP contribution in [0.3, 0.4) is 0 Å². The van der Waals surface area contributed by atoms with Crippen molar-refractivity contribution in [3.63, 3.8) is 0 Å². The SMILES string of the molecule is CCOC1CCN(CC2CCCC(C)(C)C2=O)CC1. The van der Waals surface area contributed by atoms with Crippen LogP contribution >= 0.6 is 0 Å². The van der Waals surface area contributed by atoms with Crippen LogP contribution in [0, 0.1) is 11.3 Å². The second-order valence-electron chi connectivity index (χ2n) is 6.79. The summed E-state index contributed by atoms with van der Waals surface area (Å²) in [5.41, 5.74) is -0.0907. The number of piperidine rings is 1.